The number of nitrogens with two attached hydrogens (primary N) is 1. The molecule has 2 aromatic rings. The van der Waals surface area contributed by atoms with Crippen molar-refractivity contribution >= 4 is 22.3 Å². The highest BCUT2D eigenvalue weighted by Crippen LogP contribution is 2.28. The van der Waals surface area contributed by atoms with E-state index in [9.17, 15) is 5.11 Å². The van der Waals surface area contributed by atoms with Crippen LogP contribution in [0.5, 0.6) is 0 Å². The van der Waals surface area contributed by atoms with Crippen LogP contribution in [0.4, 0.5) is 11.4 Å². The van der Waals surface area contributed by atoms with Gasteiger partial charge in [-0.25, -0.2) is 0 Å². The number of hydrogen-bond acceptors (Lipinski definition) is 5. The summed E-state index contributed by atoms with van der Waals surface area (Å²) in [6, 6.07) is 7.68. The average molecular weight is 261 g/mol. The molecule has 0 spiro atoms. The maximum Gasteiger partial charge on any atom is 0.0951 e. The van der Waals surface area contributed by atoms with E-state index in [1.165, 1.54) is 0 Å². The number of aliphatic hydroxyl groups excluding tert-OH is 1. The Morgan fingerprint density at radius 3 is 2.89 bits per heavy atom. The number of para-hydroxylation sites is 1. The summed E-state index contributed by atoms with van der Waals surface area (Å²) in [6.45, 7) is 1.96. The fraction of sp³-hybridized carbons (Fsp3) is 0.357. The first kappa shape index (κ1) is 13.6. The quantitative estimate of drug-likeness (QED) is 0.766. The summed E-state index contributed by atoms with van der Waals surface area (Å²) in [5, 5.41) is 10.2. The summed E-state index contributed by atoms with van der Waals surface area (Å²) in [6.07, 6.45) is 1.74. The van der Waals surface area contributed by atoms with Crippen LogP contribution in [0.3, 0.4) is 0 Å². The minimum atomic E-state index is 0.0931. The molecule has 5 nitrogen and oxygen atoms in total. The first-order chi connectivity index (χ1) is 9.27. The number of hydrogen-bond donors (Lipinski definition) is 2. The van der Waals surface area contributed by atoms with Crippen molar-refractivity contribution in [1.29, 1.82) is 0 Å². The highest BCUT2D eigenvalue weighted by Gasteiger charge is 2.11. The first-order valence-corrected chi connectivity index (χ1v) is 6.26. The van der Waals surface area contributed by atoms with Crippen molar-refractivity contribution in [3.63, 3.8) is 0 Å². The van der Waals surface area contributed by atoms with Gasteiger partial charge in [0.1, 0.15) is 0 Å². The highest BCUT2D eigenvalue weighted by atomic mass is 16.5. The Balaban J connectivity index is 2.43. The number of fused-ring (bicyclic) bond motifs is 1. The second-order valence-electron chi connectivity index (χ2n) is 4.28. The van der Waals surface area contributed by atoms with Crippen LogP contribution in [0.25, 0.3) is 10.9 Å². The lowest BCUT2D eigenvalue weighted by Crippen LogP contribution is -2.30. The summed E-state index contributed by atoms with van der Waals surface area (Å²) in [5.41, 5.74) is 8.42. The van der Waals surface area contributed by atoms with Crippen molar-refractivity contribution in [3.05, 3.63) is 30.5 Å². The molecule has 0 aliphatic heterocycles. The normalized spacial score (nSPS) is 10.8. The third-order valence-corrected chi connectivity index (χ3v) is 3.06. The fourth-order valence-corrected chi connectivity index (χ4v) is 2.13. The predicted octanol–water partition coefficient (Wildman–Crippen LogP) is 1.26. The Labute approximate surface area is 112 Å². The summed E-state index contributed by atoms with van der Waals surface area (Å²) < 4.78 is 5.11. The summed E-state index contributed by atoms with van der Waals surface area (Å²) in [4.78, 5) is 6.40. The van der Waals surface area contributed by atoms with Gasteiger partial charge < -0.3 is 20.5 Å². The zero-order valence-corrected chi connectivity index (χ0v) is 11.0. The van der Waals surface area contributed by atoms with E-state index in [4.69, 9.17) is 10.5 Å². The molecule has 3 N–H and O–H groups in total. The number of methoxy groups -OCH3 is 1. The van der Waals surface area contributed by atoms with Crippen molar-refractivity contribution in [2.45, 2.75) is 0 Å². The van der Waals surface area contributed by atoms with Crippen LogP contribution in [0.2, 0.25) is 0 Å². The molecule has 0 amide bonds. The van der Waals surface area contributed by atoms with Gasteiger partial charge >= 0.3 is 0 Å². The molecule has 1 heterocycles. The molecule has 0 unspecified atom stereocenters. The molecule has 0 aliphatic rings. The van der Waals surface area contributed by atoms with Crippen LogP contribution in [-0.2, 0) is 4.74 Å². The van der Waals surface area contributed by atoms with Gasteiger partial charge in [-0.15, -0.1) is 0 Å². The monoisotopic (exact) mass is 261 g/mol. The molecular weight excluding hydrogens is 242 g/mol. The minimum absolute atomic E-state index is 0.0931. The number of anilines is 2. The molecule has 2 rings (SSSR count). The van der Waals surface area contributed by atoms with Crippen LogP contribution in [0.1, 0.15) is 0 Å². The van der Waals surface area contributed by atoms with Crippen molar-refractivity contribution in [2.24, 2.45) is 0 Å². The van der Waals surface area contributed by atoms with Gasteiger partial charge in [0, 0.05) is 37.5 Å². The third-order valence-electron chi connectivity index (χ3n) is 3.06. The van der Waals surface area contributed by atoms with E-state index in [1.807, 2.05) is 24.3 Å². The number of benzene rings is 1. The van der Waals surface area contributed by atoms with Crippen molar-refractivity contribution in [3.8, 4) is 0 Å². The molecule has 0 saturated heterocycles. The smallest absolute Gasteiger partial charge is 0.0951 e. The topological polar surface area (TPSA) is 71.6 Å². The lowest BCUT2D eigenvalue weighted by atomic mass is 10.1. The average Bonchev–Trinajstić information content (AvgIpc) is 2.43. The Bertz CT molecular complexity index is 545. The number of nitrogen functional groups attached to an aromatic ring is 1. The Morgan fingerprint density at radius 1 is 1.32 bits per heavy atom. The fourth-order valence-electron chi connectivity index (χ4n) is 2.13. The van der Waals surface area contributed by atoms with Crippen molar-refractivity contribution in [1.82, 2.24) is 4.98 Å². The number of ether oxygens (including phenoxy) is 1. The van der Waals surface area contributed by atoms with Crippen LogP contribution in [0.15, 0.2) is 30.5 Å². The Hall–Kier alpha value is -1.85. The van der Waals surface area contributed by atoms with Gasteiger partial charge in [-0.05, 0) is 12.1 Å². The molecule has 1 aromatic heterocycles. The molecule has 0 bridgehead atoms. The van der Waals surface area contributed by atoms with E-state index < -0.39 is 0 Å². The summed E-state index contributed by atoms with van der Waals surface area (Å²) in [5.74, 6) is 0. The summed E-state index contributed by atoms with van der Waals surface area (Å²) >= 11 is 0. The maximum absolute atomic E-state index is 9.20. The van der Waals surface area contributed by atoms with Crippen LogP contribution >= 0.6 is 0 Å². The molecule has 0 fully saturated rings. The van der Waals surface area contributed by atoms with Crippen LogP contribution in [0, 0.1) is 0 Å². The molecule has 0 saturated carbocycles. The molecule has 5 heteroatoms. The van der Waals surface area contributed by atoms with Crippen LogP contribution < -0.4 is 10.6 Å². The molecule has 0 atom stereocenters. The molecule has 19 heavy (non-hydrogen) atoms. The predicted molar refractivity (Wildman–Crippen MR) is 77.3 cm³/mol. The summed E-state index contributed by atoms with van der Waals surface area (Å²) in [7, 11) is 1.67. The number of aliphatic hydroxyl groups is 1. The number of nitrogens with zero attached hydrogens (tertiary/aromatic N) is 2. The first-order valence-electron chi connectivity index (χ1n) is 6.26. The standard InChI is InChI=1S/C14H19N3O2/c1-19-10-8-17(7-9-18)13-5-6-16-14-11(13)3-2-4-12(14)15/h2-6,18H,7-10,15H2,1H3. The number of aromatic nitrogens is 1. The van der Waals surface area contributed by atoms with Gasteiger partial charge in [-0.1, -0.05) is 12.1 Å². The Morgan fingerprint density at radius 2 is 2.16 bits per heavy atom. The largest absolute Gasteiger partial charge is 0.397 e. The van der Waals surface area contributed by atoms with Gasteiger partial charge in [0.2, 0.25) is 0 Å². The van der Waals surface area contributed by atoms with E-state index in [0.29, 0.717) is 25.4 Å². The lowest BCUT2D eigenvalue weighted by Gasteiger charge is -2.25. The van der Waals surface area contributed by atoms with Gasteiger partial charge in [-0.2, -0.15) is 0 Å². The number of pyridine rings is 1. The number of rotatable bonds is 6. The van der Waals surface area contributed by atoms with Crippen LogP contribution in [-0.4, -0.2) is 43.5 Å². The highest BCUT2D eigenvalue weighted by molar-refractivity contribution is 5.97. The zero-order valence-electron chi connectivity index (χ0n) is 11.0. The second kappa shape index (κ2) is 6.36. The Kier molecular flexibility index (Phi) is 4.54. The molecule has 1 aromatic carbocycles. The van der Waals surface area contributed by atoms with E-state index in [0.717, 1.165) is 16.6 Å². The van der Waals surface area contributed by atoms with E-state index in [2.05, 4.69) is 9.88 Å². The van der Waals surface area contributed by atoms with Gasteiger partial charge in [0.25, 0.3) is 0 Å². The SMILES string of the molecule is COCCN(CCO)c1ccnc2c(N)cccc12. The van der Waals surface area contributed by atoms with Gasteiger partial charge in [0.15, 0.2) is 0 Å². The van der Waals surface area contributed by atoms with Crippen molar-refractivity contribution in [2.75, 3.05) is 44.0 Å². The lowest BCUT2D eigenvalue weighted by molar-refractivity contribution is 0.203. The van der Waals surface area contributed by atoms with Gasteiger partial charge in [0.05, 0.1) is 24.4 Å². The molecular formula is C14H19N3O2. The third kappa shape index (κ3) is 2.94. The van der Waals surface area contributed by atoms with E-state index in [-0.39, 0.29) is 6.61 Å². The van der Waals surface area contributed by atoms with E-state index >= 15 is 0 Å². The van der Waals surface area contributed by atoms with Gasteiger partial charge in [-0.3, -0.25) is 4.98 Å². The molecule has 0 aliphatic carbocycles. The van der Waals surface area contributed by atoms with E-state index in [1.54, 1.807) is 13.3 Å². The molecule has 0 radical (unpaired) electrons. The molecule has 102 valence electrons. The zero-order chi connectivity index (χ0) is 13.7. The minimum Gasteiger partial charge on any atom is -0.397 e. The maximum atomic E-state index is 9.20. The second-order valence-corrected chi connectivity index (χ2v) is 4.28. The van der Waals surface area contributed by atoms with Crippen molar-refractivity contribution < 1.29 is 9.84 Å².